The Morgan fingerprint density at radius 1 is 1.06 bits per heavy atom. The number of ketones is 3. The molecule has 0 saturated heterocycles. The molecule has 2 fully saturated rings. The van der Waals surface area contributed by atoms with Gasteiger partial charge in [0, 0.05) is 11.8 Å². The molecule has 11 nitrogen and oxygen atoms in total. The van der Waals surface area contributed by atoms with Crippen LogP contribution >= 0.6 is 0 Å². The maximum Gasteiger partial charge on any atom is 0.309 e. The summed E-state index contributed by atoms with van der Waals surface area (Å²) in [5.74, 6) is -12.3. The molecule has 4 atom stereocenters. The lowest BCUT2D eigenvalue weighted by Crippen LogP contribution is -2.65. The maximum atomic E-state index is 13.5. The predicted octanol–water partition coefficient (Wildman–Crippen LogP) is 0.138. The Labute approximate surface area is 190 Å². The number of rotatable bonds is 3. The van der Waals surface area contributed by atoms with Crippen molar-refractivity contribution in [1.82, 2.24) is 0 Å². The average molecular weight is 469 g/mol. The summed E-state index contributed by atoms with van der Waals surface area (Å²) in [6, 6.07) is 3.87. The van der Waals surface area contributed by atoms with E-state index in [0.717, 1.165) is 0 Å². The zero-order valence-electron chi connectivity index (χ0n) is 17.5. The van der Waals surface area contributed by atoms with E-state index in [2.05, 4.69) is 0 Å². The summed E-state index contributed by atoms with van der Waals surface area (Å²) in [5, 5.41) is 43.2. The monoisotopic (exact) mass is 469 g/mol. The number of carbonyl (C=O) groups excluding carboxylic acids is 5. The molecule has 0 aromatic heterocycles. The third kappa shape index (κ3) is 2.70. The van der Waals surface area contributed by atoms with E-state index >= 15 is 0 Å². The van der Waals surface area contributed by atoms with Crippen LogP contribution in [-0.4, -0.2) is 55.3 Å². The second-order valence-corrected chi connectivity index (χ2v) is 8.89. The van der Waals surface area contributed by atoms with Crippen molar-refractivity contribution < 1.29 is 49.1 Å². The van der Waals surface area contributed by atoms with Crippen molar-refractivity contribution in [3.05, 3.63) is 29.3 Å². The smallest absolute Gasteiger partial charge is 0.309 e. The highest BCUT2D eigenvalue weighted by Crippen LogP contribution is 2.56. The largest absolute Gasteiger partial charge is 0.507 e. The molecule has 5 rings (SSSR count). The molecule has 2 aromatic carbocycles. The van der Waals surface area contributed by atoms with Crippen LogP contribution in [0.5, 0.6) is 17.2 Å². The Kier molecular flexibility index (Phi) is 4.50. The molecule has 2 saturated carbocycles. The first kappa shape index (κ1) is 21.8. The standard InChI is InChI=1S/C23H19NO10/c24-21(31)13-11(26)6-9-18(34-22(32)7-4-5-7)14-15(20(30)23(9,33)19(13)29)17(28)12-8(16(14)27)2-1-3-10(12)25/h1-3,7,9,13,18,25,27-28,33H,4-6H2,(H2,24,31)/t9-,13?,18-,23-/m1/s1. The van der Waals surface area contributed by atoms with Gasteiger partial charge in [-0.2, -0.15) is 0 Å². The number of Topliss-reactive ketones (excluding diaryl/α,β-unsaturated/α-hetero) is 3. The Morgan fingerprint density at radius 3 is 2.35 bits per heavy atom. The molecule has 176 valence electrons. The van der Waals surface area contributed by atoms with Gasteiger partial charge < -0.3 is 30.9 Å². The van der Waals surface area contributed by atoms with Crippen molar-refractivity contribution in [3.8, 4) is 17.2 Å². The van der Waals surface area contributed by atoms with Crippen LogP contribution in [-0.2, 0) is 23.9 Å². The van der Waals surface area contributed by atoms with E-state index in [4.69, 9.17) is 10.5 Å². The number of phenolic OH excluding ortho intramolecular Hbond substituents is 3. The van der Waals surface area contributed by atoms with Gasteiger partial charge in [-0.3, -0.25) is 24.0 Å². The van der Waals surface area contributed by atoms with Crippen molar-refractivity contribution in [2.75, 3.05) is 0 Å². The van der Waals surface area contributed by atoms with Gasteiger partial charge in [0.25, 0.3) is 0 Å². The Bertz CT molecular complexity index is 1340. The number of ether oxygens (including phenoxy) is 1. The van der Waals surface area contributed by atoms with Crippen LogP contribution in [0.15, 0.2) is 18.2 Å². The number of benzene rings is 2. The maximum absolute atomic E-state index is 13.5. The highest BCUT2D eigenvalue weighted by molar-refractivity contribution is 6.32. The molecular formula is C23H19NO10. The molecular weight excluding hydrogens is 450 g/mol. The van der Waals surface area contributed by atoms with Crippen LogP contribution in [0.3, 0.4) is 0 Å². The number of amides is 1. The lowest BCUT2D eigenvalue weighted by atomic mass is 9.59. The fourth-order valence-electron chi connectivity index (χ4n) is 5.01. The zero-order chi connectivity index (χ0) is 24.7. The summed E-state index contributed by atoms with van der Waals surface area (Å²) in [5.41, 5.74) is 0.951. The Balaban J connectivity index is 1.82. The van der Waals surface area contributed by atoms with Crippen molar-refractivity contribution in [1.29, 1.82) is 0 Å². The molecule has 3 aliphatic rings. The van der Waals surface area contributed by atoms with Gasteiger partial charge in [-0.15, -0.1) is 0 Å². The average Bonchev–Trinajstić information content (AvgIpc) is 3.61. The molecule has 2 aromatic rings. The van der Waals surface area contributed by atoms with E-state index in [9.17, 15) is 44.4 Å². The van der Waals surface area contributed by atoms with Crippen LogP contribution < -0.4 is 5.73 Å². The second-order valence-electron chi connectivity index (χ2n) is 8.89. The number of hydrogen-bond donors (Lipinski definition) is 5. The fourth-order valence-corrected chi connectivity index (χ4v) is 5.01. The number of hydrogen-bond acceptors (Lipinski definition) is 10. The predicted molar refractivity (Wildman–Crippen MR) is 111 cm³/mol. The molecule has 0 heterocycles. The summed E-state index contributed by atoms with van der Waals surface area (Å²) < 4.78 is 5.53. The van der Waals surface area contributed by atoms with E-state index < -0.39 is 93.5 Å². The first-order valence-corrected chi connectivity index (χ1v) is 10.5. The first-order valence-electron chi connectivity index (χ1n) is 10.5. The van der Waals surface area contributed by atoms with E-state index in [1.54, 1.807) is 0 Å². The van der Waals surface area contributed by atoms with Gasteiger partial charge >= 0.3 is 5.97 Å². The van der Waals surface area contributed by atoms with Gasteiger partial charge in [-0.25, -0.2) is 0 Å². The van der Waals surface area contributed by atoms with Crippen molar-refractivity contribution in [3.63, 3.8) is 0 Å². The van der Waals surface area contributed by atoms with E-state index in [-0.39, 0.29) is 10.8 Å². The van der Waals surface area contributed by atoms with Crippen molar-refractivity contribution in [2.45, 2.75) is 31.0 Å². The van der Waals surface area contributed by atoms with E-state index in [0.29, 0.717) is 12.8 Å². The normalized spacial score (nSPS) is 28.4. The summed E-state index contributed by atoms with van der Waals surface area (Å²) in [6.45, 7) is 0. The fraction of sp³-hybridized carbons (Fsp3) is 0.348. The van der Waals surface area contributed by atoms with Crippen LogP contribution in [0.4, 0.5) is 0 Å². The first-order chi connectivity index (χ1) is 16.0. The third-order valence-electron chi connectivity index (χ3n) is 6.87. The van der Waals surface area contributed by atoms with Crippen LogP contribution in [0.1, 0.15) is 41.3 Å². The number of esters is 1. The minimum atomic E-state index is -3.06. The topological polar surface area (TPSA) is 202 Å². The zero-order valence-corrected chi connectivity index (χ0v) is 17.5. The molecule has 6 N–H and O–H groups in total. The van der Waals surface area contributed by atoms with Crippen LogP contribution in [0.2, 0.25) is 0 Å². The molecule has 11 heteroatoms. The van der Waals surface area contributed by atoms with Crippen molar-refractivity contribution >= 4 is 40.0 Å². The lowest BCUT2D eigenvalue weighted by molar-refractivity contribution is -0.174. The summed E-state index contributed by atoms with van der Waals surface area (Å²) in [6.07, 6.45) is -1.37. The van der Waals surface area contributed by atoms with Gasteiger partial charge in [-0.05, 0) is 18.9 Å². The quantitative estimate of drug-likeness (QED) is 0.234. The summed E-state index contributed by atoms with van der Waals surface area (Å²) in [4.78, 5) is 63.7. The molecule has 1 unspecified atom stereocenters. The SMILES string of the molecule is NC(=O)C1C(=O)C[C@@H]2[C@@H](OC(=O)C3CC3)c3c(c(O)c4c(O)cccc4c3O)C(=O)[C@]2(O)C1=O. The Morgan fingerprint density at radius 2 is 1.74 bits per heavy atom. The molecule has 0 aliphatic heterocycles. The molecule has 0 bridgehead atoms. The molecule has 3 aliphatic carbocycles. The number of phenols is 3. The second kappa shape index (κ2) is 7.00. The molecule has 0 spiro atoms. The number of nitrogens with two attached hydrogens (primary N) is 1. The third-order valence-corrected chi connectivity index (χ3v) is 6.87. The minimum absolute atomic E-state index is 0.0922. The van der Waals surface area contributed by atoms with Gasteiger partial charge in [-0.1, -0.05) is 12.1 Å². The van der Waals surface area contributed by atoms with Gasteiger partial charge in [0.05, 0.1) is 28.3 Å². The van der Waals surface area contributed by atoms with Gasteiger partial charge in [0.1, 0.15) is 23.4 Å². The highest BCUT2D eigenvalue weighted by Gasteiger charge is 2.66. The van der Waals surface area contributed by atoms with E-state index in [1.165, 1.54) is 18.2 Å². The molecule has 34 heavy (non-hydrogen) atoms. The number of fused-ring (bicyclic) bond motifs is 3. The Hall–Kier alpha value is -3.99. The number of carbonyl (C=O) groups is 5. The van der Waals surface area contributed by atoms with Crippen LogP contribution in [0, 0.1) is 17.8 Å². The van der Waals surface area contributed by atoms with Crippen LogP contribution in [0.25, 0.3) is 10.8 Å². The summed E-state index contributed by atoms with van der Waals surface area (Å²) in [7, 11) is 0. The number of primary amides is 1. The van der Waals surface area contributed by atoms with Crippen molar-refractivity contribution in [2.24, 2.45) is 23.5 Å². The number of aliphatic hydroxyl groups is 1. The van der Waals surface area contributed by atoms with Gasteiger partial charge in [0.15, 0.2) is 23.1 Å². The molecule has 1 amide bonds. The highest BCUT2D eigenvalue weighted by atomic mass is 16.5. The lowest BCUT2D eigenvalue weighted by Gasteiger charge is -2.46. The summed E-state index contributed by atoms with van der Waals surface area (Å²) >= 11 is 0. The minimum Gasteiger partial charge on any atom is -0.507 e. The van der Waals surface area contributed by atoms with Gasteiger partial charge in [0.2, 0.25) is 11.7 Å². The number of aromatic hydroxyl groups is 3. The van der Waals surface area contributed by atoms with E-state index in [1.807, 2.05) is 0 Å². The molecule has 0 radical (unpaired) electrons.